The number of aliphatic hydroxyl groups excluding tert-OH is 1. The molecular formula is C20H23ClN2O2. The minimum absolute atomic E-state index is 0.0624. The van der Waals surface area contributed by atoms with Crippen LogP contribution in [0.3, 0.4) is 0 Å². The first-order valence-corrected chi connectivity index (χ1v) is 9.01. The van der Waals surface area contributed by atoms with Gasteiger partial charge in [0.05, 0.1) is 6.10 Å². The van der Waals surface area contributed by atoms with Crippen LogP contribution in [0.25, 0.3) is 0 Å². The molecule has 1 saturated heterocycles. The van der Waals surface area contributed by atoms with Crippen molar-refractivity contribution in [1.82, 2.24) is 10.2 Å². The lowest BCUT2D eigenvalue weighted by Crippen LogP contribution is -2.44. The zero-order chi connectivity index (χ0) is 17.6. The van der Waals surface area contributed by atoms with Crippen LogP contribution in [0.2, 0.25) is 5.02 Å². The standard InChI is InChI=1S/C20H23ClN2O2/c21-18-8-4-5-15(13-18)14-22-20(25)23-11-9-17(10-12-23)19(24)16-6-2-1-3-7-16/h1-8,13,17,19,24H,9-12,14H2,(H,22,25). The summed E-state index contributed by atoms with van der Waals surface area (Å²) in [6.07, 6.45) is 1.15. The number of likely N-dealkylation sites (tertiary alicyclic amines) is 1. The quantitative estimate of drug-likeness (QED) is 0.868. The summed E-state index contributed by atoms with van der Waals surface area (Å²) in [4.78, 5) is 14.1. The molecule has 3 rings (SSSR count). The van der Waals surface area contributed by atoms with Gasteiger partial charge in [-0.05, 0) is 42.0 Å². The molecule has 0 bridgehead atoms. The van der Waals surface area contributed by atoms with Crippen molar-refractivity contribution >= 4 is 17.6 Å². The van der Waals surface area contributed by atoms with E-state index in [2.05, 4.69) is 5.32 Å². The Hall–Kier alpha value is -2.04. The molecule has 2 N–H and O–H groups in total. The monoisotopic (exact) mass is 358 g/mol. The number of rotatable bonds is 4. The third-order valence-electron chi connectivity index (χ3n) is 4.75. The number of hydrogen-bond donors (Lipinski definition) is 2. The van der Waals surface area contributed by atoms with Crippen LogP contribution in [0.15, 0.2) is 54.6 Å². The van der Waals surface area contributed by atoms with E-state index in [1.165, 1.54) is 0 Å². The summed E-state index contributed by atoms with van der Waals surface area (Å²) in [6, 6.07) is 17.2. The van der Waals surface area contributed by atoms with Gasteiger partial charge < -0.3 is 15.3 Å². The number of hydrogen-bond acceptors (Lipinski definition) is 2. The number of halogens is 1. The molecule has 0 aromatic heterocycles. The fourth-order valence-electron chi connectivity index (χ4n) is 3.28. The molecule has 1 unspecified atom stereocenters. The molecule has 2 amide bonds. The number of amides is 2. The summed E-state index contributed by atoms with van der Waals surface area (Å²) in [5.41, 5.74) is 1.93. The molecule has 0 spiro atoms. The summed E-state index contributed by atoms with van der Waals surface area (Å²) in [6.45, 7) is 1.79. The lowest BCUT2D eigenvalue weighted by molar-refractivity contribution is 0.0665. The Morgan fingerprint density at radius 3 is 2.56 bits per heavy atom. The molecule has 1 atom stereocenters. The molecular weight excluding hydrogens is 336 g/mol. The number of piperidine rings is 1. The highest BCUT2D eigenvalue weighted by atomic mass is 35.5. The van der Waals surface area contributed by atoms with Gasteiger partial charge in [-0.3, -0.25) is 0 Å². The van der Waals surface area contributed by atoms with Crippen molar-refractivity contribution in [1.29, 1.82) is 0 Å². The topological polar surface area (TPSA) is 52.6 Å². The maximum atomic E-state index is 12.3. The van der Waals surface area contributed by atoms with Crippen LogP contribution in [-0.2, 0) is 6.54 Å². The largest absolute Gasteiger partial charge is 0.388 e. The normalized spacial score (nSPS) is 16.5. The van der Waals surface area contributed by atoms with E-state index in [1.807, 2.05) is 59.5 Å². The van der Waals surface area contributed by atoms with Crippen molar-refractivity contribution in [3.05, 3.63) is 70.7 Å². The van der Waals surface area contributed by atoms with Crippen LogP contribution >= 0.6 is 11.6 Å². The summed E-state index contributed by atoms with van der Waals surface area (Å²) in [5, 5.41) is 14.1. The molecule has 1 fully saturated rings. The third-order valence-corrected chi connectivity index (χ3v) is 4.98. The van der Waals surface area contributed by atoms with E-state index in [0.29, 0.717) is 24.7 Å². The van der Waals surface area contributed by atoms with Gasteiger partial charge in [0, 0.05) is 24.7 Å². The van der Waals surface area contributed by atoms with E-state index in [0.717, 1.165) is 24.0 Å². The number of carbonyl (C=O) groups is 1. The van der Waals surface area contributed by atoms with Crippen LogP contribution in [0.5, 0.6) is 0 Å². The fraction of sp³-hybridized carbons (Fsp3) is 0.350. The summed E-state index contributed by atoms with van der Waals surface area (Å²) >= 11 is 5.96. The van der Waals surface area contributed by atoms with E-state index < -0.39 is 6.10 Å². The molecule has 0 aliphatic carbocycles. The molecule has 1 aliphatic rings. The molecule has 0 radical (unpaired) electrons. The second kappa shape index (κ2) is 8.37. The Balaban J connectivity index is 1.47. The smallest absolute Gasteiger partial charge is 0.317 e. The Bertz CT molecular complexity index is 700. The number of aliphatic hydroxyl groups is 1. The lowest BCUT2D eigenvalue weighted by atomic mass is 9.87. The fourth-order valence-corrected chi connectivity index (χ4v) is 3.49. The molecule has 5 heteroatoms. The highest BCUT2D eigenvalue weighted by molar-refractivity contribution is 6.30. The molecule has 4 nitrogen and oxygen atoms in total. The van der Waals surface area contributed by atoms with Crippen LogP contribution in [0.4, 0.5) is 4.79 Å². The average Bonchev–Trinajstić information content (AvgIpc) is 2.66. The zero-order valence-electron chi connectivity index (χ0n) is 14.1. The molecule has 132 valence electrons. The zero-order valence-corrected chi connectivity index (χ0v) is 14.8. The van der Waals surface area contributed by atoms with Crippen molar-refractivity contribution in [3.8, 4) is 0 Å². The number of nitrogens with zero attached hydrogens (tertiary/aromatic N) is 1. The van der Waals surface area contributed by atoms with Gasteiger partial charge in [0.1, 0.15) is 0 Å². The highest BCUT2D eigenvalue weighted by Gasteiger charge is 2.28. The molecule has 2 aromatic rings. The van der Waals surface area contributed by atoms with Crippen LogP contribution in [0, 0.1) is 5.92 Å². The molecule has 2 aromatic carbocycles. The van der Waals surface area contributed by atoms with E-state index in [-0.39, 0.29) is 11.9 Å². The second-order valence-corrected chi connectivity index (χ2v) is 6.91. The molecule has 0 saturated carbocycles. The SMILES string of the molecule is O=C(NCc1cccc(Cl)c1)N1CCC(C(O)c2ccccc2)CC1. The van der Waals surface area contributed by atoms with E-state index in [4.69, 9.17) is 11.6 Å². The van der Waals surface area contributed by atoms with Crippen molar-refractivity contribution in [3.63, 3.8) is 0 Å². The van der Waals surface area contributed by atoms with Gasteiger partial charge in [-0.1, -0.05) is 54.1 Å². The Morgan fingerprint density at radius 1 is 1.16 bits per heavy atom. The van der Waals surface area contributed by atoms with E-state index in [1.54, 1.807) is 0 Å². The third kappa shape index (κ3) is 4.74. The molecule has 1 heterocycles. The first kappa shape index (κ1) is 17.8. The van der Waals surface area contributed by atoms with Crippen molar-refractivity contribution in [2.75, 3.05) is 13.1 Å². The number of nitrogens with one attached hydrogen (secondary N) is 1. The molecule has 1 aliphatic heterocycles. The van der Waals surface area contributed by atoms with Gasteiger partial charge in [-0.25, -0.2) is 4.79 Å². The van der Waals surface area contributed by atoms with Gasteiger partial charge in [0.25, 0.3) is 0 Å². The maximum absolute atomic E-state index is 12.3. The van der Waals surface area contributed by atoms with E-state index in [9.17, 15) is 9.90 Å². The van der Waals surface area contributed by atoms with Crippen molar-refractivity contribution in [2.24, 2.45) is 5.92 Å². The number of urea groups is 1. The van der Waals surface area contributed by atoms with Crippen LogP contribution in [0.1, 0.15) is 30.1 Å². The van der Waals surface area contributed by atoms with Gasteiger partial charge in [-0.15, -0.1) is 0 Å². The number of carbonyl (C=O) groups excluding carboxylic acids is 1. The first-order chi connectivity index (χ1) is 12.1. The Kier molecular flexibility index (Phi) is 5.95. The summed E-state index contributed by atoms with van der Waals surface area (Å²) < 4.78 is 0. The first-order valence-electron chi connectivity index (χ1n) is 8.64. The Morgan fingerprint density at radius 2 is 1.88 bits per heavy atom. The average molecular weight is 359 g/mol. The van der Waals surface area contributed by atoms with Gasteiger partial charge in [-0.2, -0.15) is 0 Å². The Labute approximate surface area is 153 Å². The van der Waals surface area contributed by atoms with Gasteiger partial charge in [0.2, 0.25) is 0 Å². The summed E-state index contributed by atoms with van der Waals surface area (Å²) in [5.74, 6) is 0.194. The molecule has 25 heavy (non-hydrogen) atoms. The predicted octanol–water partition coefficient (Wildman–Crippen LogP) is 4.00. The van der Waals surface area contributed by atoms with Crippen molar-refractivity contribution in [2.45, 2.75) is 25.5 Å². The second-order valence-electron chi connectivity index (χ2n) is 6.47. The van der Waals surface area contributed by atoms with E-state index >= 15 is 0 Å². The maximum Gasteiger partial charge on any atom is 0.317 e. The minimum atomic E-state index is -0.460. The lowest BCUT2D eigenvalue weighted by Gasteiger charge is -2.34. The van der Waals surface area contributed by atoms with Crippen LogP contribution < -0.4 is 5.32 Å². The number of benzene rings is 2. The predicted molar refractivity (Wildman–Crippen MR) is 99.4 cm³/mol. The minimum Gasteiger partial charge on any atom is -0.388 e. The van der Waals surface area contributed by atoms with Crippen molar-refractivity contribution < 1.29 is 9.90 Å². The van der Waals surface area contributed by atoms with Crippen LogP contribution in [-0.4, -0.2) is 29.1 Å². The van der Waals surface area contributed by atoms with Gasteiger partial charge >= 0.3 is 6.03 Å². The highest BCUT2D eigenvalue weighted by Crippen LogP contribution is 2.30. The van der Waals surface area contributed by atoms with Gasteiger partial charge in [0.15, 0.2) is 0 Å². The summed E-state index contributed by atoms with van der Waals surface area (Å²) in [7, 11) is 0.